The average molecular weight is 358 g/mol. The van der Waals surface area contributed by atoms with Crippen molar-refractivity contribution in [2.24, 2.45) is 23.2 Å². The zero-order valence-electron chi connectivity index (χ0n) is 14.1. The van der Waals surface area contributed by atoms with Crippen molar-refractivity contribution in [1.82, 2.24) is 9.21 Å². The molecule has 1 spiro atoms. The third-order valence-electron chi connectivity index (χ3n) is 6.25. The maximum absolute atomic E-state index is 12.7. The second-order valence-electron chi connectivity index (χ2n) is 7.87. The third kappa shape index (κ3) is 2.98. The van der Waals surface area contributed by atoms with E-state index in [1.165, 1.54) is 6.26 Å². The summed E-state index contributed by atoms with van der Waals surface area (Å²) >= 11 is 0. The van der Waals surface area contributed by atoms with Gasteiger partial charge in [0, 0.05) is 37.5 Å². The summed E-state index contributed by atoms with van der Waals surface area (Å²) in [6.45, 7) is 4.84. The fraction of sp³-hybridized carbons (Fsp3) is 0.938. The highest BCUT2D eigenvalue weighted by molar-refractivity contribution is 7.88. The smallest absolute Gasteiger partial charge is 0.226 e. The summed E-state index contributed by atoms with van der Waals surface area (Å²) in [4.78, 5) is 14.6. The molecule has 1 saturated carbocycles. The van der Waals surface area contributed by atoms with Gasteiger partial charge in [0.15, 0.2) is 0 Å². The summed E-state index contributed by atoms with van der Waals surface area (Å²) in [5.74, 6) is 1.33. The van der Waals surface area contributed by atoms with E-state index in [2.05, 4.69) is 0 Å². The second-order valence-corrected chi connectivity index (χ2v) is 9.85. The van der Waals surface area contributed by atoms with Gasteiger partial charge in [-0.2, -0.15) is 4.31 Å². The lowest BCUT2D eigenvalue weighted by Gasteiger charge is -2.42. The molecule has 0 N–H and O–H groups in total. The Balaban J connectivity index is 1.38. The Hall–Kier alpha value is -0.700. The van der Waals surface area contributed by atoms with Crippen LogP contribution >= 0.6 is 0 Å². The van der Waals surface area contributed by atoms with Gasteiger partial charge in [-0.05, 0) is 24.7 Å². The van der Waals surface area contributed by atoms with E-state index in [4.69, 9.17) is 9.47 Å². The molecule has 4 fully saturated rings. The molecule has 4 aliphatic rings. The van der Waals surface area contributed by atoms with Crippen LogP contribution in [0.4, 0.5) is 0 Å². The van der Waals surface area contributed by atoms with Crippen molar-refractivity contribution in [3.63, 3.8) is 0 Å². The van der Waals surface area contributed by atoms with Gasteiger partial charge in [0.05, 0.1) is 32.7 Å². The molecule has 3 atom stereocenters. The van der Waals surface area contributed by atoms with E-state index < -0.39 is 10.0 Å². The van der Waals surface area contributed by atoms with Crippen LogP contribution in [-0.4, -0.2) is 82.4 Å². The van der Waals surface area contributed by atoms with Crippen molar-refractivity contribution in [2.45, 2.75) is 12.8 Å². The number of hydrogen-bond donors (Lipinski definition) is 0. The molecule has 4 rings (SSSR count). The largest absolute Gasteiger partial charge is 0.381 e. The molecule has 8 heteroatoms. The van der Waals surface area contributed by atoms with Crippen LogP contribution in [0.3, 0.4) is 0 Å². The first-order valence-electron chi connectivity index (χ1n) is 8.79. The monoisotopic (exact) mass is 358 g/mol. The van der Waals surface area contributed by atoms with Crippen LogP contribution in [0.1, 0.15) is 12.8 Å². The highest BCUT2D eigenvalue weighted by Crippen LogP contribution is 2.52. The maximum Gasteiger partial charge on any atom is 0.226 e. The molecule has 0 radical (unpaired) electrons. The third-order valence-corrected chi connectivity index (χ3v) is 7.50. The van der Waals surface area contributed by atoms with Crippen molar-refractivity contribution < 1.29 is 22.7 Å². The van der Waals surface area contributed by atoms with Crippen molar-refractivity contribution in [2.75, 3.05) is 58.9 Å². The predicted octanol–water partition coefficient (Wildman–Crippen LogP) is -0.221. The normalized spacial score (nSPS) is 36.4. The number of carbonyl (C=O) groups excluding carboxylic acids is 1. The standard InChI is InChI=1S/C16H26N2O5S/c1-24(20,21)18-6-7-22-11-16(10-18)2-4-17(5-3-16)15(19)14-12-8-23-9-13(12)14/h12-14H,2-11H2,1H3/t12-,13+,14?. The lowest BCUT2D eigenvalue weighted by Crippen LogP contribution is -2.50. The lowest BCUT2D eigenvalue weighted by molar-refractivity contribution is -0.137. The van der Waals surface area contributed by atoms with Gasteiger partial charge >= 0.3 is 0 Å². The van der Waals surface area contributed by atoms with Crippen LogP contribution in [0, 0.1) is 23.2 Å². The quantitative estimate of drug-likeness (QED) is 0.682. The van der Waals surface area contributed by atoms with Gasteiger partial charge in [-0.1, -0.05) is 0 Å². The second kappa shape index (κ2) is 5.93. The molecule has 3 saturated heterocycles. The fourth-order valence-electron chi connectivity index (χ4n) is 4.56. The first-order chi connectivity index (χ1) is 11.4. The van der Waals surface area contributed by atoms with E-state index in [9.17, 15) is 13.2 Å². The van der Waals surface area contributed by atoms with Gasteiger partial charge in [-0.3, -0.25) is 4.79 Å². The Labute approximate surface area is 143 Å². The molecule has 0 aromatic heterocycles. The Bertz CT molecular complexity index is 604. The molecule has 0 bridgehead atoms. The topological polar surface area (TPSA) is 76.2 Å². The van der Waals surface area contributed by atoms with Crippen LogP contribution in [0.15, 0.2) is 0 Å². The van der Waals surface area contributed by atoms with Gasteiger partial charge in [0.25, 0.3) is 0 Å². The van der Waals surface area contributed by atoms with Gasteiger partial charge in [0.2, 0.25) is 15.9 Å². The van der Waals surface area contributed by atoms with E-state index in [0.717, 1.165) is 26.1 Å². The number of carbonyl (C=O) groups is 1. The Morgan fingerprint density at radius 1 is 1.08 bits per heavy atom. The van der Waals surface area contributed by atoms with Crippen molar-refractivity contribution in [3.8, 4) is 0 Å². The number of sulfonamides is 1. The number of hydrogen-bond acceptors (Lipinski definition) is 5. The van der Waals surface area contributed by atoms with Crippen molar-refractivity contribution >= 4 is 15.9 Å². The van der Waals surface area contributed by atoms with Crippen LogP contribution < -0.4 is 0 Å². The van der Waals surface area contributed by atoms with Gasteiger partial charge in [-0.25, -0.2) is 8.42 Å². The molecule has 1 unspecified atom stereocenters. The minimum absolute atomic E-state index is 0.154. The Kier molecular flexibility index (Phi) is 4.14. The molecule has 7 nitrogen and oxygen atoms in total. The minimum Gasteiger partial charge on any atom is -0.381 e. The molecule has 0 aromatic rings. The summed E-state index contributed by atoms with van der Waals surface area (Å²) in [5, 5.41) is 0. The molecule has 24 heavy (non-hydrogen) atoms. The van der Waals surface area contributed by atoms with Crippen LogP contribution in [0.25, 0.3) is 0 Å². The highest BCUT2D eigenvalue weighted by atomic mass is 32.2. The summed E-state index contributed by atoms with van der Waals surface area (Å²) in [5.41, 5.74) is -0.154. The number of ether oxygens (including phenoxy) is 2. The summed E-state index contributed by atoms with van der Waals surface area (Å²) in [7, 11) is -3.21. The number of fused-ring (bicyclic) bond motifs is 1. The van der Waals surface area contributed by atoms with Crippen LogP contribution in [0.2, 0.25) is 0 Å². The average Bonchev–Trinajstić information content (AvgIpc) is 3.11. The molecular weight excluding hydrogens is 332 g/mol. The zero-order valence-corrected chi connectivity index (χ0v) is 15.0. The molecule has 1 amide bonds. The minimum atomic E-state index is -3.21. The Morgan fingerprint density at radius 2 is 1.75 bits per heavy atom. The number of likely N-dealkylation sites (tertiary alicyclic amines) is 1. The van der Waals surface area contributed by atoms with Crippen molar-refractivity contribution in [1.29, 1.82) is 0 Å². The van der Waals surface area contributed by atoms with E-state index in [0.29, 0.717) is 51.2 Å². The first kappa shape index (κ1) is 16.8. The van der Waals surface area contributed by atoms with Gasteiger partial charge in [0.1, 0.15) is 0 Å². The number of nitrogens with zero attached hydrogens (tertiary/aromatic N) is 2. The van der Waals surface area contributed by atoms with Gasteiger partial charge < -0.3 is 14.4 Å². The summed E-state index contributed by atoms with van der Waals surface area (Å²) in [6.07, 6.45) is 2.88. The molecule has 3 aliphatic heterocycles. The van der Waals surface area contributed by atoms with E-state index in [1.807, 2.05) is 4.90 Å². The molecular formula is C16H26N2O5S. The van der Waals surface area contributed by atoms with Crippen molar-refractivity contribution in [3.05, 3.63) is 0 Å². The zero-order chi connectivity index (χ0) is 16.9. The number of rotatable bonds is 2. The molecule has 3 heterocycles. The van der Waals surface area contributed by atoms with Crippen LogP contribution in [-0.2, 0) is 24.3 Å². The number of piperidine rings is 1. The summed E-state index contributed by atoms with van der Waals surface area (Å²) in [6, 6.07) is 0. The first-order valence-corrected chi connectivity index (χ1v) is 10.6. The van der Waals surface area contributed by atoms with E-state index in [1.54, 1.807) is 4.31 Å². The SMILES string of the molecule is CS(=O)(=O)N1CCOCC2(CCN(C(=O)C3[C@H]4COC[C@@H]34)CC2)C1. The highest BCUT2D eigenvalue weighted by Gasteiger charge is 2.59. The molecule has 1 aliphatic carbocycles. The molecule has 136 valence electrons. The van der Waals surface area contributed by atoms with E-state index >= 15 is 0 Å². The maximum atomic E-state index is 12.7. The van der Waals surface area contributed by atoms with E-state index in [-0.39, 0.29) is 17.2 Å². The Morgan fingerprint density at radius 3 is 2.38 bits per heavy atom. The van der Waals surface area contributed by atoms with Crippen LogP contribution in [0.5, 0.6) is 0 Å². The van der Waals surface area contributed by atoms with Gasteiger partial charge in [-0.15, -0.1) is 0 Å². The summed E-state index contributed by atoms with van der Waals surface area (Å²) < 4.78 is 36.5. The fourth-order valence-corrected chi connectivity index (χ4v) is 5.47. The molecule has 0 aromatic carbocycles. The number of amides is 1. The predicted molar refractivity (Wildman–Crippen MR) is 86.8 cm³/mol. The lowest BCUT2D eigenvalue weighted by atomic mass is 9.79.